The van der Waals surface area contributed by atoms with Crippen molar-refractivity contribution in [3.63, 3.8) is 0 Å². The number of ether oxygens (including phenoxy) is 1. The third-order valence-corrected chi connectivity index (χ3v) is 7.19. The summed E-state index contributed by atoms with van der Waals surface area (Å²) in [5.41, 5.74) is 1.47. The topological polar surface area (TPSA) is 111 Å². The Morgan fingerprint density at radius 2 is 1.72 bits per heavy atom. The molecule has 10 nitrogen and oxygen atoms in total. The summed E-state index contributed by atoms with van der Waals surface area (Å²) in [4.78, 5) is 28.5. The van der Waals surface area contributed by atoms with Gasteiger partial charge in [0.15, 0.2) is 5.82 Å². The molecule has 0 saturated carbocycles. The van der Waals surface area contributed by atoms with Crippen molar-refractivity contribution < 1.29 is 19.4 Å². The van der Waals surface area contributed by atoms with Crippen molar-refractivity contribution in [2.45, 2.75) is 63.4 Å². The monoisotopic (exact) mass is 494 g/mol. The summed E-state index contributed by atoms with van der Waals surface area (Å²) in [5.74, 6) is 0.876. The molecule has 2 aromatic rings. The highest BCUT2D eigenvalue weighted by atomic mass is 16.6. The van der Waals surface area contributed by atoms with Gasteiger partial charge in [-0.1, -0.05) is 30.3 Å². The molecule has 4 aliphatic heterocycles. The lowest BCUT2D eigenvalue weighted by Gasteiger charge is -2.35. The SMILES string of the molecule is CC(C)(C)OC(=O)N1C[C@@H]2C[C@H]1CN2c1ccc(-c2ccccc2)nn1.O=C(O)N1C[C@@H]2C[C@H]1CN2. The zero-order valence-electron chi connectivity index (χ0n) is 21.0. The maximum Gasteiger partial charge on any atom is 0.410 e. The van der Waals surface area contributed by atoms with E-state index in [-0.39, 0.29) is 24.2 Å². The van der Waals surface area contributed by atoms with E-state index < -0.39 is 11.7 Å². The van der Waals surface area contributed by atoms with E-state index >= 15 is 0 Å². The first-order valence-electron chi connectivity index (χ1n) is 12.6. The number of nitrogens with zero attached hydrogens (tertiary/aromatic N) is 5. The number of aromatic nitrogens is 2. The van der Waals surface area contributed by atoms with Crippen LogP contribution >= 0.6 is 0 Å². The molecule has 5 heterocycles. The van der Waals surface area contributed by atoms with E-state index in [0.29, 0.717) is 19.1 Å². The van der Waals surface area contributed by atoms with Crippen LogP contribution < -0.4 is 10.2 Å². The summed E-state index contributed by atoms with van der Waals surface area (Å²) in [5, 5.41) is 20.7. The number of hydrogen-bond donors (Lipinski definition) is 2. The summed E-state index contributed by atoms with van der Waals surface area (Å²) in [6.45, 7) is 8.68. The van der Waals surface area contributed by atoms with Gasteiger partial charge in [0, 0.05) is 43.8 Å². The summed E-state index contributed by atoms with van der Waals surface area (Å²) >= 11 is 0. The Kier molecular flexibility index (Phi) is 6.46. The van der Waals surface area contributed by atoms with Crippen LogP contribution in [0.5, 0.6) is 0 Å². The zero-order chi connectivity index (χ0) is 25.4. The molecule has 36 heavy (non-hydrogen) atoms. The standard InChI is InChI=1S/C20H24N4O2.C6H10N2O2/c1-20(2,3)26-19(25)24-13-15-11-16(24)12-23(15)18-10-9-17(21-22-18)14-7-5-4-6-8-14;9-6(10)8-3-4-1-5(8)2-7-4/h4-10,15-16H,11-13H2,1-3H3;4-5,7H,1-3H2,(H,9,10)/t15-,16-;4-,5-/m00/s1. The second-order valence-corrected chi connectivity index (χ2v) is 10.9. The van der Waals surface area contributed by atoms with Crippen LogP contribution in [0.4, 0.5) is 15.4 Å². The summed E-state index contributed by atoms with van der Waals surface area (Å²) in [7, 11) is 0. The van der Waals surface area contributed by atoms with Gasteiger partial charge in [-0.3, -0.25) is 0 Å². The van der Waals surface area contributed by atoms with Gasteiger partial charge in [-0.05, 0) is 45.7 Å². The quantitative estimate of drug-likeness (QED) is 0.655. The number of benzene rings is 1. The smallest absolute Gasteiger partial charge is 0.410 e. The van der Waals surface area contributed by atoms with E-state index in [0.717, 1.165) is 43.0 Å². The molecule has 6 rings (SSSR count). The number of amides is 2. The Labute approximate surface area is 211 Å². The van der Waals surface area contributed by atoms with Crippen LogP contribution in [0.15, 0.2) is 42.5 Å². The molecule has 0 aliphatic carbocycles. The van der Waals surface area contributed by atoms with Crippen LogP contribution in [0.1, 0.15) is 33.6 Å². The number of fused-ring (bicyclic) bond motifs is 4. The number of carbonyl (C=O) groups is 2. The van der Waals surface area contributed by atoms with Crippen LogP contribution in [0.3, 0.4) is 0 Å². The van der Waals surface area contributed by atoms with Crippen molar-refractivity contribution >= 4 is 18.0 Å². The number of piperazine rings is 2. The van der Waals surface area contributed by atoms with Crippen LogP contribution in [0.25, 0.3) is 11.3 Å². The van der Waals surface area contributed by atoms with E-state index in [1.807, 2.05) is 68.1 Å². The minimum atomic E-state index is -0.769. The molecule has 0 unspecified atom stereocenters. The third-order valence-electron chi connectivity index (χ3n) is 7.19. The average molecular weight is 495 g/mol. The lowest BCUT2D eigenvalue weighted by Crippen LogP contribution is -2.50. The fourth-order valence-corrected chi connectivity index (χ4v) is 5.53. The molecule has 1 aromatic heterocycles. The minimum Gasteiger partial charge on any atom is -0.465 e. The maximum absolute atomic E-state index is 12.4. The summed E-state index contributed by atoms with van der Waals surface area (Å²) in [6.07, 6.45) is 0.984. The summed E-state index contributed by atoms with van der Waals surface area (Å²) < 4.78 is 5.52. The predicted molar refractivity (Wildman–Crippen MR) is 135 cm³/mol. The minimum absolute atomic E-state index is 0.186. The number of rotatable bonds is 2. The van der Waals surface area contributed by atoms with Crippen molar-refractivity contribution in [1.29, 1.82) is 0 Å². The Morgan fingerprint density at radius 3 is 2.22 bits per heavy atom. The molecular formula is C26H34N6O4. The van der Waals surface area contributed by atoms with Gasteiger partial charge in [-0.15, -0.1) is 10.2 Å². The average Bonchev–Trinajstić information content (AvgIpc) is 3.65. The van der Waals surface area contributed by atoms with Crippen LogP contribution in [0, 0.1) is 0 Å². The molecular weight excluding hydrogens is 460 g/mol. The van der Waals surface area contributed by atoms with E-state index in [1.54, 1.807) is 0 Å². The molecule has 0 spiro atoms. The van der Waals surface area contributed by atoms with Gasteiger partial charge >= 0.3 is 12.2 Å². The molecule has 4 aliphatic rings. The first kappa shape index (κ1) is 24.3. The molecule has 10 heteroatoms. The predicted octanol–water partition coefficient (Wildman–Crippen LogP) is 3.05. The van der Waals surface area contributed by atoms with Gasteiger partial charge in [0.2, 0.25) is 0 Å². The molecule has 1 aromatic carbocycles. The number of carbonyl (C=O) groups excluding carboxylic acids is 1. The maximum atomic E-state index is 12.4. The molecule has 4 fully saturated rings. The third kappa shape index (κ3) is 5.09. The fourth-order valence-electron chi connectivity index (χ4n) is 5.53. The highest BCUT2D eigenvalue weighted by Crippen LogP contribution is 2.34. The van der Waals surface area contributed by atoms with Crippen molar-refractivity contribution in [3.05, 3.63) is 42.5 Å². The van der Waals surface area contributed by atoms with Gasteiger partial charge in [0.25, 0.3) is 0 Å². The van der Waals surface area contributed by atoms with Gasteiger partial charge in [0.05, 0.1) is 17.8 Å². The Hall–Kier alpha value is -3.40. The van der Waals surface area contributed by atoms with E-state index in [4.69, 9.17) is 9.84 Å². The second kappa shape index (κ2) is 9.57. The first-order chi connectivity index (χ1) is 17.2. The molecule has 2 N–H and O–H groups in total. The van der Waals surface area contributed by atoms with Crippen LogP contribution in [-0.2, 0) is 4.74 Å². The Bertz CT molecular complexity index is 1090. The highest BCUT2D eigenvalue weighted by molar-refractivity contribution is 5.70. The van der Waals surface area contributed by atoms with Crippen molar-refractivity contribution in [3.8, 4) is 11.3 Å². The van der Waals surface area contributed by atoms with Gasteiger partial charge in [0.1, 0.15) is 5.60 Å². The number of likely N-dealkylation sites (tertiary alicyclic amines) is 2. The molecule has 2 amide bonds. The highest BCUT2D eigenvalue weighted by Gasteiger charge is 2.47. The molecule has 4 saturated heterocycles. The second-order valence-electron chi connectivity index (χ2n) is 10.9. The van der Waals surface area contributed by atoms with E-state index in [1.165, 1.54) is 4.90 Å². The Morgan fingerprint density at radius 1 is 0.944 bits per heavy atom. The van der Waals surface area contributed by atoms with Gasteiger partial charge < -0.3 is 29.9 Å². The van der Waals surface area contributed by atoms with Crippen LogP contribution in [0.2, 0.25) is 0 Å². The molecule has 192 valence electrons. The van der Waals surface area contributed by atoms with Crippen molar-refractivity contribution in [2.24, 2.45) is 0 Å². The molecule has 4 bridgehead atoms. The number of carboxylic acid groups (broad SMARTS) is 1. The fraction of sp³-hybridized carbons (Fsp3) is 0.538. The first-order valence-corrected chi connectivity index (χ1v) is 12.6. The Balaban J connectivity index is 0.000000222. The normalized spacial score (nSPS) is 26.1. The van der Waals surface area contributed by atoms with Gasteiger partial charge in [-0.2, -0.15) is 0 Å². The number of anilines is 1. The largest absolute Gasteiger partial charge is 0.465 e. The van der Waals surface area contributed by atoms with Gasteiger partial charge in [-0.25, -0.2) is 9.59 Å². The van der Waals surface area contributed by atoms with E-state index in [2.05, 4.69) is 20.4 Å². The number of hydrogen-bond acceptors (Lipinski definition) is 7. The number of nitrogens with one attached hydrogen (secondary N) is 1. The summed E-state index contributed by atoms with van der Waals surface area (Å²) in [6, 6.07) is 15.2. The lowest BCUT2D eigenvalue weighted by atomic mass is 10.1. The molecule has 0 radical (unpaired) electrons. The lowest BCUT2D eigenvalue weighted by molar-refractivity contribution is 0.0214. The van der Waals surface area contributed by atoms with E-state index in [9.17, 15) is 9.59 Å². The molecule has 4 atom stereocenters. The van der Waals surface area contributed by atoms with Crippen LogP contribution in [-0.4, -0.2) is 93.2 Å². The zero-order valence-corrected chi connectivity index (χ0v) is 21.0. The van der Waals surface area contributed by atoms with Crippen molar-refractivity contribution in [2.75, 3.05) is 31.1 Å². The van der Waals surface area contributed by atoms with Crippen molar-refractivity contribution in [1.82, 2.24) is 25.3 Å².